The lowest BCUT2D eigenvalue weighted by Crippen LogP contribution is -2.41. The van der Waals surface area contributed by atoms with E-state index in [0.29, 0.717) is 17.6 Å². The fraction of sp³-hybridized carbons (Fsp3) is 0.600. The lowest BCUT2D eigenvalue weighted by Gasteiger charge is -2.32. The largest absolute Gasteiger partial charge is 0.498 e. The van der Waals surface area contributed by atoms with E-state index in [-0.39, 0.29) is 11.6 Å². The van der Waals surface area contributed by atoms with Crippen molar-refractivity contribution in [2.24, 2.45) is 0 Å². The Kier molecular flexibility index (Phi) is 3.86. The average Bonchev–Trinajstić information content (AvgIpc) is 2.55. The fourth-order valence-electron chi connectivity index (χ4n) is 2.12. The lowest BCUT2D eigenvalue weighted by atomic mass is 9.77. The SMILES string of the molecule is CCOc1c(B2OC(C)(C)C(C)(C)O2)ccc(C)c1F. The summed E-state index contributed by atoms with van der Waals surface area (Å²) in [7, 11) is -0.614. The van der Waals surface area contributed by atoms with Gasteiger partial charge >= 0.3 is 7.12 Å². The molecule has 0 N–H and O–H groups in total. The van der Waals surface area contributed by atoms with Gasteiger partial charge in [-0.15, -0.1) is 0 Å². The highest BCUT2D eigenvalue weighted by molar-refractivity contribution is 6.63. The van der Waals surface area contributed by atoms with Gasteiger partial charge in [0.05, 0.1) is 17.8 Å². The zero-order valence-electron chi connectivity index (χ0n) is 13.0. The van der Waals surface area contributed by atoms with Gasteiger partial charge in [-0.1, -0.05) is 12.1 Å². The van der Waals surface area contributed by atoms with Crippen LogP contribution in [0, 0.1) is 12.7 Å². The third-order valence-electron chi connectivity index (χ3n) is 4.12. The van der Waals surface area contributed by atoms with E-state index in [1.165, 1.54) is 0 Å². The molecule has 0 saturated carbocycles. The molecule has 1 heterocycles. The molecule has 1 aliphatic rings. The molecule has 0 spiro atoms. The van der Waals surface area contributed by atoms with Crippen molar-refractivity contribution in [2.75, 3.05) is 6.61 Å². The molecule has 0 bridgehead atoms. The average molecular weight is 280 g/mol. The Morgan fingerprint density at radius 3 is 2.20 bits per heavy atom. The summed E-state index contributed by atoms with van der Waals surface area (Å²) in [6, 6.07) is 3.53. The smallest absolute Gasteiger partial charge is 0.491 e. The first kappa shape index (κ1) is 15.3. The van der Waals surface area contributed by atoms with Crippen LogP contribution in [0.15, 0.2) is 12.1 Å². The van der Waals surface area contributed by atoms with E-state index in [1.54, 1.807) is 13.0 Å². The number of rotatable bonds is 3. The minimum Gasteiger partial charge on any atom is -0.491 e. The van der Waals surface area contributed by atoms with Crippen molar-refractivity contribution >= 4 is 12.6 Å². The molecule has 1 fully saturated rings. The van der Waals surface area contributed by atoms with Crippen LogP contribution in [-0.2, 0) is 9.31 Å². The summed E-state index contributed by atoms with van der Waals surface area (Å²) in [6.07, 6.45) is 0. The molecule has 5 heteroatoms. The molecule has 0 radical (unpaired) electrons. The Morgan fingerprint density at radius 2 is 1.70 bits per heavy atom. The van der Waals surface area contributed by atoms with Crippen molar-refractivity contribution in [1.29, 1.82) is 0 Å². The normalized spacial score (nSPS) is 20.2. The van der Waals surface area contributed by atoms with Crippen molar-refractivity contribution in [3.63, 3.8) is 0 Å². The van der Waals surface area contributed by atoms with Gasteiger partial charge in [0, 0.05) is 5.46 Å². The van der Waals surface area contributed by atoms with Crippen LogP contribution in [-0.4, -0.2) is 24.9 Å². The third-order valence-corrected chi connectivity index (χ3v) is 4.12. The van der Waals surface area contributed by atoms with Gasteiger partial charge in [0.1, 0.15) is 0 Å². The standard InChI is InChI=1S/C15H22BFO3/c1-7-18-13-11(9-8-10(2)12(13)17)16-19-14(3,4)15(5,6)20-16/h8-9H,7H2,1-6H3. The highest BCUT2D eigenvalue weighted by Gasteiger charge is 2.52. The second kappa shape index (κ2) is 5.04. The van der Waals surface area contributed by atoms with E-state index in [0.717, 1.165) is 0 Å². The highest BCUT2D eigenvalue weighted by atomic mass is 19.1. The first-order chi connectivity index (χ1) is 9.19. The second-order valence-electron chi connectivity index (χ2n) is 6.14. The Morgan fingerprint density at radius 1 is 1.15 bits per heavy atom. The molecule has 1 aromatic carbocycles. The summed E-state index contributed by atoms with van der Waals surface area (Å²) in [5.41, 5.74) is 0.243. The van der Waals surface area contributed by atoms with E-state index in [9.17, 15) is 4.39 Å². The molecule has 0 aromatic heterocycles. The Bertz CT molecular complexity index is 498. The number of hydrogen-bond donors (Lipinski definition) is 0. The van der Waals surface area contributed by atoms with Crippen LogP contribution in [0.3, 0.4) is 0 Å². The topological polar surface area (TPSA) is 27.7 Å². The van der Waals surface area contributed by atoms with Gasteiger partial charge in [-0.05, 0) is 47.1 Å². The molecule has 1 aromatic rings. The maximum Gasteiger partial charge on any atom is 0.498 e. The van der Waals surface area contributed by atoms with Crippen LogP contribution in [0.1, 0.15) is 40.2 Å². The Labute approximate surface area is 120 Å². The summed E-state index contributed by atoms with van der Waals surface area (Å²) >= 11 is 0. The van der Waals surface area contributed by atoms with Crippen LogP contribution in [0.2, 0.25) is 0 Å². The molecule has 0 unspecified atom stereocenters. The zero-order valence-corrected chi connectivity index (χ0v) is 13.0. The Hall–Kier alpha value is -1.07. The van der Waals surface area contributed by atoms with Gasteiger partial charge in [-0.25, -0.2) is 4.39 Å². The summed E-state index contributed by atoms with van der Waals surface area (Å²) in [5.74, 6) is -0.120. The van der Waals surface area contributed by atoms with Gasteiger partial charge in [-0.3, -0.25) is 0 Å². The molecule has 1 saturated heterocycles. The van der Waals surface area contributed by atoms with Crippen molar-refractivity contribution in [3.8, 4) is 5.75 Å². The van der Waals surface area contributed by atoms with Gasteiger partial charge in [0.25, 0.3) is 0 Å². The van der Waals surface area contributed by atoms with Gasteiger partial charge < -0.3 is 14.0 Å². The van der Waals surface area contributed by atoms with E-state index in [2.05, 4.69) is 0 Å². The number of benzene rings is 1. The summed E-state index contributed by atoms with van der Waals surface area (Å²) in [5, 5.41) is 0. The molecule has 20 heavy (non-hydrogen) atoms. The monoisotopic (exact) mass is 280 g/mol. The van der Waals surface area contributed by atoms with Gasteiger partial charge in [-0.2, -0.15) is 0 Å². The van der Waals surface area contributed by atoms with E-state index in [4.69, 9.17) is 14.0 Å². The maximum absolute atomic E-state index is 14.3. The highest BCUT2D eigenvalue weighted by Crippen LogP contribution is 2.37. The number of hydrogen-bond acceptors (Lipinski definition) is 3. The van der Waals surface area contributed by atoms with Crippen molar-refractivity contribution in [2.45, 2.75) is 52.7 Å². The number of aryl methyl sites for hydroxylation is 1. The summed E-state index contributed by atoms with van der Waals surface area (Å²) in [4.78, 5) is 0. The molecular formula is C15H22BFO3. The second-order valence-corrected chi connectivity index (χ2v) is 6.14. The van der Waals surface area contributed by atoms with Crippen LogP contribution in [0.25, 0.3) is 0 Å². The quantitative estimate of drug-likeness (QED) is 0.797. The molecule has 110 valence electrons. The zero-order chi connectivity index (χ0) is 15.1. The summed E-state index contributed by atoms with van der Waals surface area (Å²) in [6.45, 7) is 11.8. The van der Waals surface area contributed by atoms with Crippen LogP contribution in [0.5, 0.6) is 5.75 Å². The van der Waals surface area contributed by atoms with Crippen molar-refractivity contribution < 1.29 is 18.4 Å². The Balaban J connectivity index is 2.42. The molecule has 0 aliphatic carbocycles. The molecule has 3 nitrogen and oxygen atoms in total. The van der Waals surface area contributed by atoms with E-state index in [1.807, 2.05) is 40.7 Å². The third kappa shape index (κ3) is 2.45. The van der Waals surface area contributed by atoms with Crippen LogP contribution < -0.4 is 10.2 Å². The van der Waals surface area contributed by atoms with E-state index < -0.39 is 18.3 Å². The maximum atomic E-state index is 14.3. The molecule has 0 amide bonds. The van der Waals surface area contributed by atoms with Gasteiger partial charge in [0.2, 0.25) is 0 Å². The summed E-state index contributed by atoms with van der Waals surface area (Å²) < 4.78 is 31.6. The fourth-order valence-corrected chi connectivity index (χ4v) is 2.12. The first-order valence-electron chi connectivity index (χ1n) is 6.97. The molecule has 1 aliphatic heterocycles. The van der Waals surface area contributed by atoms with Gasteiger partial charge in [0.15, 0.2) is 11.6 Å². The lowest BCUT2D eigenvalue weighted by molar-refractivity contribution is 0.00578. The van der Waals surface area contributed by atoms with Crippen molar-refractivity contribution in [1.82, 2.24) is 0 Å². The molecule has 2 rings (SSSR count). The molecule has 0 atom stereocenters. The van der Waals surface area contributed by atoms with Crippen LogP contribution in [0.4, 0.5) is 4.39 Å². The number of halogens is 1. The number of ether oxygens (including phenoxy) is 1. The predicted octanol–water partition coefficient (Wildman–Crippen LogP) is 2.83. The minimum absolute atomic E-state index is 0.228. The predicted molar refractivity (Wildman–Crippen MR) is 78.0 cm³/mol. The van der Waals surface area contributed by atoms with Crippen molar-refractivity contribution in [3.05, 3.63) is 23.5 Å². The van der Waals surface area contributed by atoms with Crippen LogP contribution >= 0.6 is 0 Å². The first-order valence-corrected chi connectivity index (χ1v) is 6.97. The van der Waals surface area contributed by atoms with E-state index >= 15 is 0 Å². The minimum atomic E-state index is -0.614. The molecular weight excluding hydrogens is 258 g/mol.